The van der Waals surface area contributed by atoms with Crippen LogP contribution in [-0.4, -0.2) is 48.7 Å². The number of esters is 1. The van der Waals surface area contributed by atoms with Gasteiger partial charge in [-0.1, -0.05) is 18.2 Å². The van der Waals surface area contributed by atoms with Crippen LogP contribution in [0.25, 0.3) is 0 Å². The van der Waals surface area contributed by atoms with Crippen molar-refractivity contribution in [2.45, 2.75) is 12.0 Å². The second kappa shape index (κ2) is 6.39. The maximum Gasteiger partial charge on any atom is 0.334 e. The molecule has 6 nitrogen and oxygen atoms in total. The third-order valence-electron chi connectivity index (χ3n) is 4.57. The standard InChI is InChI=1S/C17H18N2O4S/c1-23-16(22)17(8-9-24-2)13-12(10-18-17)14(20)19(15(13)21)11-6-4-3-5-7-11/h3-7,10,12-13H,8-9H2,1-2H3/t12-,13+,17+/m1/s1. The van der Waals surface area contributed by atoms with E-state index >= 15 is 0 Å². The molecule has 0 bridgehead atoms. The van der Waals surface area contributed by atoms with Gasteiger partial charge in [0.15, 0.2) is 5.54 Å². The first kappa shape index (κ1) is 16.7. The summed E-state index contributed by atoms with van der Waals surface area (Å²) in [6.45, 7) is 0. The minimum atomic E-state index is -1.31. The van der Waals surface area contributed by atoms with Crippen LogP contribution in [0.5, 0.6) is 0 Å². The number of aliphatic imine (C=N–C) groups is 1. The summed E-state index contributed by atoms with van der Waals surface area (Å²) in [4.78, 5) is 43.7. The molecule has 1 fully saturated rings. The first-order chi connectivity index (χ1) is 11.6. The first-order valence-electron chi connectivity index (χ1n) is 7.62. The van der Waals surface area contributed by atoms with Crippen LogP contribution >= 0.6 is 11.8 Å². The van der Waals surface area contributed by atoms with Crippen LogP contribution in [0, 0.1) is 11.8 Å². The number of hydrogen-bond acceptors (Lipinski definition) is 6. The molecule has 2 aliphatic rings. The minimum absolute atomic E-state index is 0.338. The van der Waals surface area contributed by atoms with Crippen LogP contribution in [0.4, 0.5) is 5.69 Å². The van der Waals surface area contributed by atoms with Crippen LogP contribution in [0.3, 0.4) is 0 Å². The summed E-state index contributed by atoms with van der Waals surface area (Å²) in [5.41, 5.74) is -0.794. The van der Waals surface area contributed by atoms with Crippen LogP contribution < -0.4 is 4.90 Å². The summed E-state index contributed by atoms with van der Waals surface area (Å²) in [6.07, 6.45) is 3.73. The Morgan fingerprint density at radius 3 is 2.62 bits per heavy atom. The molecule has 3 atom stereocenters. The highest BCUT2D eigenvalue weighted by atomic mass is 32.2. The molecule has 1 saturated heterocycles. The molecule has 0 aromatic heterocycles. The molecule has 3 rings (SSSR count). The van der Waals surface area contributed by atoms with E-state index in [1.54, 1.807) is 36.0 Å². The van der Waals surface area contributed by atoms with Gasteiger partial charge in [0, 0.05) is 6.21 Å². The van der Waals surface area contributed by atoms with Crippen molar-refractivity contribution in [2.24, 2.45) is 16.8 Å². The van der Waals surface area contributed by atoms with Crippen LogP contribution in [-0.2, 0) is 19.1 Å². The highest BCUT2D eigenvalue weighted by Gasteiger charge is 2.64. The molecule has 2 aliphatic heterocycles. The van der Waals surface area contributed by atoms with Gasteiger partial charge < -0.3 is 4.74 Å². The van der Waals surface area contributed by atoms with Gasteiger partial charge in [-0.05, 0) is 30.6 Å². The number of ether oxygens (including phenoxy) is 1. The van der Waals surface area contributed by atoms with E-state index < -0.39 is 23.3 Å². The van der Waals surface area contributed by atoms with E-state index in [2.05, 4.69) is 4.99 Å². The SMILES string of the molecule is COC(=O)[C@@]1(CCSC)N=C[C@H]2C(=O)N(c3ccccc3)C(=O)[C@H]21. The Kier molecular flexibility index (Phi) is 4.45. The molecule has 7 heteroatoms. The molecule has 2 heterocycles. The quantitative estimate of drug-likeness (QED) is 0.597. The number of anilines is 1. The monoisotopic (exact) mass is 346 g/mol. The summed E-state index contributed by atoms with van der Waals surface area (Å²) in [5.74, 6) is -2.18. The van der Waals surface area contributed by atoms with Crippen molar-refractivity contribution in [3.63, 3.8) is 0 Å². The molecule has 0 radical (unpaired) electrons. The molecule has 1 aromatic carbocycles. The lowest BCUT2D eigenvalue weighted by atomic mass is 9.78. The van der Waals surface area contributed by atoms with Gasteiger partial charge in [0.05, 0.1) is 24.6 Å². The second-order valence-electron chi connectivity index (χ2n) is 5.79. The number of carbonyl (C=O) groups is 3. The van der Waals surface area contributed by atoms with E-state index in [0.717, 1.165) is 4.90 Å². The van der Waals surface area contributed by atoms with Gasteiger partial charge in [-0.2, -0.15) is 11.8 Å². The predicted octanol–water partition coefficient (Wildman–Crippen LogP) is 1.54. The van der Waals surface area contributed by atoms with E-state index in [-0.39, 0.29) is 11.8 Å². The Bertz CT molecular complexity index is 706. The Labute approximate surface area is 144 Å². The molecule has 1 aromatic rings. The van der Waals surface area contributed by atoms with Gasteiger partial charge in [0.25, 0.3) is 0 Å². The maximum absolute atomic E-state index is 13.0. The largest absolute Gasteiger partial charge is 0.467 e. The summed E-state index contributed by atoms with van der Waals surface area (Å²) in [5, 5.41) is 0. The van der Waals surface area contributed by atoms with Crippen LogP contribution in [0.2, 0.25) is 0 Å². The van der Waals surface area contributed by atoms with Gasteiger partial charge in [0.2, 0.25) is 11.8 Å². The molecular weight excluding hydrogens is 328 g/mol. The number of methoxy groups -OCH3 is 1. The van der Waals surface area contributed by atoms with Crippen LogP contribution in [0.15, 0.2) is 35.3 Å². The topological polar surface area (TPSA) is 76.0 Å². The van der Waals surface area contributed by atoms with Crippen molar-refractivity contribution in [3.8, 4) is 0 Å². The number of benzene rings is 1. The third kappa shape index (κ3) is 2.34. The number of amides is 2. The number of thioether (sulfide) groups is 1. The average Bonchev–Trinajstić information content (AvgIpc) is 3.11. The van der Waals surface area contributed by atoms with Gasteiger partial charge in [0.1, 0.15) is 0 Å². The lowest BCUT2D eigenvalue weighted by molar-refractivity contribution is -0.151. The van der Waals surface area contributed by atoms with Crippen LogP contribution in [0.1, 0.15) is 6.42 Å². The fraction of sp³-hybridized carbons (Fsp3) is 0.412. The number of carbonyl (C=O) groups excluding carboxylic acids is 3. The summed E-state index contributed by atoms with van der Waals surface area (Å²) < 4.78 is 4.92. The van der Waals surface area contributed by atoms with Gasteiger partial charge in [-0.3, -0.25) is 14.6 Å². The molecule has 0 saturated carbocycles. The van der Waals surface area contributed by atoms with E-state index in [1.807, 2.05) is 12.3 Å². The summed E-state index contributed by atoms with van der Waals surface area (Å²) in [6, 6.07) is 8.75. The highest BCUT2D eigenvalue weighted by Crippen LogP contribution is 2.45. The second-order valence-corrected chi connectivity index (χ2v) is 6.77. The van der Waals surface area contributed by atoms with Crippen molar-refractivity contribution in [2.75, 3.05) is 24.0 Å². The van der Waals surface area contributed by atoms with Crippen molar-refractivity contribution < 1.29 is 19.1 Å². The van der Waals surface area contributed by atoms with Gasteiger partial charge >= 0.3 is 5.97 Å². The number of rotatable bonds is 5. The van der Waals surface area contributed by atoms with Crippen molar-refractivity contribution in [1.82, 2.24) is 0 Å². The summed E-state index contributed by atoms with van der Waals surface area (Å²) >= 11 is 1.56. The number of imide groups is 1. The normalized spacial score (nSPS) is 28.3. The third-order valence-corrected chi connectivity index (χ3v) is 5.18. The smallest absolute Gasteiger partial charge is 0.334 e. The zero-order valence-electron chi connectivity index (χ0n) is 13.5. The number of fused-ring (bicyclic) bond motifs is 1. The van der Waals surface area contributed by atoms with Crippen molar-refractivity contribution >= 4 is 41.4 Å². The number of hydrogen-bond donors (Lipinski definition) is 0. The lowest BCUT2D eigenvalue weighted by Gasteiger charge is -2.28. The minimum Gasteiger partial charge on any atom is -0.467 e. The average molecular weight is 346 g/mol. The molecule has 24 heavy (non-hydrogen) atoms. The Balaban J connectivity index is 2.01. The number of nitrogens with zero attached hydrogens (tertiary/aromatic N) is 2. The number of para-hydroxylation sites is 1. The van der Waals surface area contributed by atoms with E-state index in [9.17, 15) is 14.4 Å². The lowest BCUT2D eigenvalue weighted by Crippen LogP contribution is -2.48. The molecule has 0 spiro atoms. The molecule has 2 amide bonds. The van der Waals surface area contributed by atoms with Crippen molar-refractivity contribution in [1.29, 1.82) is 0 Å². The molecule has 0 N–H and O–H groups in total. The molecule has 0 unspecified atom stereocenters. The van der Waals surface area contributed by atoms with E-state index in [4.69, 9.17) is 4.74 Å². The Morgan fingerprint density at radius 2 is 2.00 bits per heavy atom. The van der Waals surface area contributed by atoms with Gasteiger partial charge in [-0.25, -0.2) is 9.69 Å². The van der Waals surface area contributed by atoms with E-state index in [1.165, 1.54) is 13.3 Å². The molecule has 0 aliphatic carbocycles. The fourth-order valence-electron chi connectivity index (χ4n) is 3.41. The zero-order chi connectivity index (χ0) is 17.3. The molecule has 126 valence electrons. The Morgan fingerprint density at radius 1 is 1.29 bits per heavy atom. The summed E-state index contributed by atoms with van der Waals surface area (Å²) in [7, 11) is 1.28. The van der Waals surface area contributed by atoms with Gasteiger partial charge in [-0.15, -0.1) is 0 Å². The van der Waals surface area contributed by atoms with E-state index in [0.29, 0.717) is 17.9 Å². The maximum atomic E-state index is 13.0. The fourth-order valence-corrected chi connectivity index (χ4v) is 3.92. The highest BCUT2D eigenvalue weighted by molar-refractivity contribution is 7.98. The molecular formula is C17H18N2O4S. The Hall–Kier alpha value is -2.15. The predicted molar refractivity (Wildman–Crippen MR) is 92.2 cm³/mol. The zero-order valence-corrected chi connectivity index (χ0v) is 14.3. The first-order valence-corrected chi connectivity index (χ1v) is 9.02. The van der Waals surface area contributed by atoms with Crippen molar-refractivity contribution in [3.05, 3.63) is 30.3 Å².